The van der Waals surface area contributed by atoms with Crippen LogP contribution < -0.4 is 5.32 Å². The van der Waals surface area contributed by atoms with Crippen molar-refractivity contribution in [3.63, 3.8) is 0 Å². The number of benzene rings is 1. The summed E-state index contributed by atoms with van der Waals surface area (Å²) in [6.45, 7) is 5.95. The number of anilines is 1. The molecule has 0 bridgehead atoms. The molecular formula is C15H23NO2. The Morgan fingerprint density at radius 2 is 1.72 bits per heavy atom. The number of hydrogen-bond acceptors (Lipinski definition) is 2. The maximum atomic E-state index is 11.4. The van der Waals surface area contributed by atoms with Crippen LogP contribution in [0.4, 0.5) is 5.69 Å². The third-order valence-electron chi connectivity index (χ3n) is 3.49. The molecule has 0 unspecified atom stereocenters. The molecule has 0 aliphatic rings. The van der Waals surface area contributed by atoms with Gasteiger partial charge in [0.05, 0.1) is 0 Å². The van der Waals surface area contributed by atoms with E-state index >= 15 is 0 Å². The average molecular weight is 249 g/mol. The predicted octanol–water partition coefficient (Wildman–Crippen LogP) is 3.69. The minimum absolute atomic E-state index is 0.565. The molecule has 1 rings (SSSR count). The zero-order valence-corrected chi connectivity index (χ0v) is 11.5. The second-order valence-electron chi connectivity index (χ2n) is 4.67. The smallest absolute Gasteiger partial charge is 0.329 e. The van der Waals surface area contributed by atoms with Gasteiger partial charge in [-0.25, -0.2) is 4.79 Å². The lowest BCUT2D eigenvalue weighted by Gasteiger charge is -2.29. The number of hydrogen-bond donors (Lipinski definition) is 2. The number of aryl methyl sites for hydroxylation is 1. The molecule has 0 spiro atoms. The SMILES string of the molecule is CCCc1ccc(NC(CC)(CC)C(=O)O)cc1. The van der Waals surface area contributed by atoms with Crippen LogP contribution in [0.1, 0.15) is 45.6 Å². The summed E-state index contributed by atoms with van der Waals surface area (Å²) in [6.07, 6.45) is 3.31. The molecule has 0 atom stereocenters. The summed E-state index contributed by atoms with van der Waals surface area (Å²) in [6, 6.07) is 8.05. The summed E-state index contributed by atoms with van der Waals surface area (Å²) < 4.78 is 0. The third kappa shape index (κ3) is 3.25. The molecule has 0 saturated carbocycles. The minimum atomic E-state index is -0.855. The minimum Gasteiger partial charge on any atom is -0.480 e. The number of nitrogens with one attached hydrogen (secondary N) is 1. The second-order valence-corrected chi connectivity index (χ2v) is 4.67. The molecule has 0 aliphatic carbocycles. The van der Waals surface area contributed by atoms with Crippen molar-refractivity contribution in [2.45, 2.75) is 52.0 Å². The number of carbonyl (C=O) groups is 1. The van der Waals surface area contributed by atoms with Gasteiger partial charge in [-0.05, 0) is 37.0 Å². The maximum Gasteiger partial charge on any atom is 0.329 e. The fraction of sp³-hybridized carbons (Fsp3) is 0.533. The zero-order valence-electron chi connectivity index (χ0n) is 11.5. The van der Waals surface area contributed by atoms with Gasteiger partial charge in [0.25, 0.3) is 0 Å². The van der Waals surface area contributed by atoms with Crippen LogP contribution in [0.2, 0.25) is 0 Å². The van der Waals surface area contributed by atoms with E-state index in [0.29, 0.717) is 12.8 Å². The first-order valence-corrected chi connectivity index (χ1v) is 6.68. The Kier molecular flexibility index (Phi) is 5.20. The van der Waals surface area contributed by atoms with E-state index < -0.39 is 11.5 Å². The van der Waals surface area contributed by atoms with E-state index in [2.05, 4.69) is 24.4 Å². The monoisotopic (exact) mass is 249 g/mol. The van der Waals surface area contributed by atoms with Crippen LogP contribution in [0.25, 0.3) is 0 Å². The summed E-state index contributed by atoms with van der Waals surface area (Å²) >= 11 is 0. The molecule has 0 saturated heterocycles. The van der Waals surface area contributed by atoms with Crippen molar-refractivity contribution in [2.24, 2.45) is 0 Å². The molecule has 0 aliphatic heterocycles. The molecule has 0 radical (unpaired) electrons. The average Bonchev–Trinajstić information content (AvgIpc) is 2.38. The van der Waals surface area contributed by atoms with Gasteiger partial charge in [-0.3, -0.25) is 0 Å². The number of rotatable bonds is 7. The summed E-state index contributed by atoms with van der Waals surface area (Å²) in [7, 11) is 0. The first-order valence-electron chi connectivity index (χ1n) is 6.68. The van der Waals surface area contributed by atoms with E-state index in [4.69, 9.17) is 0 Å². The lowest BCUT2D eigenvalue weighted by molar-refractivity contribution is -0.142. The fourth-order valence-electron chi connectivity index (χ4n) is 2.10. The Morgan fingerprint density at radius 1 is 1.17 bits per heavy atom. The topological polar surface area (TPSA) is 49.3 Å². The lowest BCUT2D eigenvalue weighted by Crippen LogP contribution is -2.45. The molecule has 0 amide bonds. The number of carboxylic acid groups (broad SMARTS) is 1. The van der Waals surface area contributed by atoms with E-state index in [9.17, 15) is 9.90 Å². The van der Waals surface area contributed by atoms with Crippen LogP contribution in [0, 0.1) is 0 Å². The number of aliphatic carboxylic acids is 1. The van der Waals surface area contributed by atoms with Crippen LogP contribution in [0.15, 0.2) is 24.3 Å². The summed E-state index contributed by atoms with van der Waals surface area (Å²) in [4.78, 5) is 11.4. The van der Waals surface area contributed by atoms with E-state index in [-0.39, 0.29) is 0 Å². The zero-order chi connectivity index (χ0) is 13.6. The molecule has 0 heterocycles. The Balaban J connectivity index is 2.84. The lowest BCUT2D eigenvalue weighted by atomic mass is 9.92. The van der Waals surface area contributed by atoms with Crippen molar-refractivity contribution in [1.82, 2.24) is 0 Å². The van der Waals surface area contributed by atoms with Crippen LogP contribution in [-0.4, -0.2) is 16.6 Å². The van der Waals surface area contributed by atoms with Crippen LogP contribution in [-0.2, 0) is 11.2 Å². The normalized spacial score (nSPS) is 11.3. The fourth-order valence-corrected chi connectivity index (χ4v) is 2.10. The van der Waals surface area contributed by atoms with Gasteiger partial charge >= 0.3 is 5.97 Å². The standard InChI is InChI=1S/C15H23NO2/c1-4-7-12-8-10-13(11-9-12)16-15(5-2,6-3)14(17)18/h8-11,16H,4-7H2,1-3H3,(H,17,18). The highest BCUT2D eigenvalue weighted by molar-refractivity contribution is 5.82. The van der Waals surface area contributed by atoms with Gasteiger partial charge in [0.2, 0.25) is 0 Å². The molecule has 0 fully saturated rings. The van der Waals surface area contributed by atoms with Gasteiger partial charge in [-0.2, -0.15) is 0 Å². The molecule has 2 N–H and O–H groups in total. The van der Waals surface area contributed by atoms with Crippen molar-refractivity contribution < 1.29 is 9.90 Å². The van der Waals surface area contributed by atoms with Gasteiger partial charge in [0.1, 0.15) is 5.54 Å². The highest BCUT2D eigenvalue weighted by Gasteiger charge is 2.34. The van der Waals surface area contributed by atoms with Gasteiger partial charge in [0.15, 0.2) is 0 Å². The van der Waals surface area contributed by atoms with Crippen molar-refractivity contribution in [2.75, 3.05) is 5.32 Å². The van der Waals surface area contributed by atoms with E-state index in [1.54, 1.807) is 0 Å². The van der Waals surface area contributed by atoms with Gasteiger partial charge in [-0.15, -0.1) is 0 Å². The Hall–Kier alpha value is -1.51. The quantitative estimate of drug-likeness (QED) is 0.774. The summed E-state index contributed by atoms with van der Waals surface area (Å²) in [5.41, 5.74) is 1.31. The van der Waals surface area contributed by atoms with E-state index in [1.165, 1.54) is 5.56 Å². The molecule has 0 aromatic heterocycles. The van der Waals surface area contributed by atoms with Crippen molar-refractivity contribution in [1.29, 1.82) is 0 Å². The van der Waals surface area contributed by atoms with E-state index in [1.807, 2.05) is 26.0 Å². The van der Waals surface area contributed by atoms with Crippen LogP contribution in [0.3, 0.4) is 0 Å². The van der Waals surface area contributed by atoms with E-state index in [0.717, 1.165) is 18.5 Å². The molecular weight excluding hydrogens is 226 g/mol. The van der Waals surface area contributed by atoms with Gasteiger partial charge in [0, 0.05) is 5.69 Å². The Labute approximate surface area is 109 Å². The summed E-state index contributed by atoms with van der Waals surface area (Å²) in [5.74, 6) is -0.787. The summed E-state index contributed by atoms with van der Waals surface area (Å²) in [5, 5.41) is 12.5. The third-order valence-corrected chi connectivity index (χ3v) is 3.49. The van der Waals surface area contributed by atoms with Crippen molar-refractivity contribution in [3.8, 4) is 0 Å². The van der Waals surface area contributed by atoms with Crippen LogP contribution >= 0.6 is 0 Å². The Morgan fingerprint density at radius 3 is 2.11 bits per heavy atom. The highest BCUT2D eigenvalue weighted by atomic mass is 16.4. The second kappa shape index (κ2) is 6.43. The molecule has 3 nitrogen and oxygen atoms in total. The largest absolute Gasteiger partial charge is 0.480 e. The molecule has 1 aromatic rings. The first-order chi connectivity index (χ1) is 8.57. The molecule has 1 aromatic carbocycles. The molecule has 100 valence electrons. The number of carboxylic acids is 1. The predicted molar refractivity (Wildman–Crippen MR) is 75.0 cm³/mol. The molecule has 3 heteroatoms. The maximum absolute atomic E-state index is 11.4. The van der Waals surface area contributed by atoms with Crippen molar-refractivity contribution >= 4 is 11.7 Å². The first kappa shape index (κ1) is 14.6. The van der Waals surface area contributed by atoms with Crippen molar-refractivity contribution in [3.05, 3.63) is 29.8 Å². The molecule has 18 heavy (non-hydrogen) atoms. The van der Waals surface area contributed by atoms with Crippen LogP contribution in [0.5, 0.6) is 0 Å². The van der Waals surface area contributed by atoms with Gasteiger partial charge < -0.3 is 10.4 Å². The van der Waals surface area contributed by atoms with Gasteiger partial charge in [-0.1, -0.05) is 39.3 Å². The highest BCUT2D eigenvalue weighted by Crippen LogP contribution is 2.23. The Bertz CT molecular complexity index is 380.